The summed E-state index contributed by atoms with van der Waals surface area (Å²) in [4.78, 5) is 11.0. The van der Waals surface area contributed by atoms with Crippen LogP contribution in [0.15, 0.2) is 50.1 Å². The van der Waals surface area contributed by atoms with E-state index in [9.17, 15) is 4.79 Å². The summed E-state index contributed by atoms with van der Waals surface area (Å²) in [5, 5.41) is 0. The van der Waals surface area contributed by atoms with Crippen molar-refractivity contribution in [1.82, 2.24) is 0 Å². The molecule has 23 heavy (non-hydrogen) atoms. The number of allylic oxidation sites excluding steroid dienone is 2. The second-order valence-corrected chi connectivity index (χ2v) is 5.39. The minimum Gasteiger partial charge on any atom is -0.457 e. The lowest BCUT2D eigenvalue weighted by Crippen LogP contribution is -2.20. The van der Waals surface area contributed by atoms with E-state index in [1.54, 1.807) is 19.9 Å². The number of hydrogen-bond donors (Lipinski definition) is 0. The molecule has 0 rings (SSSR count). The first-order chi connectivity index (χ1) is 11.0. The molecule has 0 aromatic rings. The van der Waals surface area contributed by atoms with Crippen molar-refractivity contribution in [3.63, 3.8) is 0 Å². The van der Waals surface area contributed by atoms with Gasteiger partial charge in [-0.2, -0.15) is 0 Å². The average molecular weight is 322 g/mol. The zero-order valence-corrected chi connectivity index (χ0v) is 15.0. The molecule has 0 bridgehead atoms. The maximum Gasteiger partial charge on any atom is 0.333 e. The SMILES string of the molecule is C=CCCCCCCC=C.C=CCOCC(C)OC(=O)C(=C)C. The molecule has 0 radical (unpaired) electrons. The Hall–Kier alpha value is -1.61. The van der Waals surface area contributed by atoms with Crippen LogP contribution in [0.25, 0.3) is 0 Å². The Morgan fingerprint density at radius 1 is 1.00 bits per heavy atom. The fraction of sp³-hybridized carbons (Fsp3) is 0.550. The van der Waals surface area contributed by atoms with E-state index < -0.39 is 0 Å². The number of hydrogen-bond acceptors (Lipinski definition) is 3. The largest absolute Gasteiger partial charge is 0.457 e. The summed E-state index contributed by atoms with van der Waals surface area (Å²) in [6, 6.07) is 0. The first-order valence-electron chi connectivity index (χ1n) is 8.26. The molecule has 0 aliphatic carbocycles. The van der Waals surface area contributed by atoms with Gasteiger partial charge in [0.15, 0.2) is 0 Å². The van der Waals surface area contributed by atoms with Crippen molar-refractivity contribution in [3.8, 4) is 0 Å². The van der Waals surface area contributed by atoms with E-state index in [0.29, 0.717) is 18.8 Å². The third-order valence-electron chi connectivity index (χ3n) is 2.81. The summed E-state index contributed by atoms with van der Waals surface area (Å²) < 4.78 is 10.1. The van der Waals surface area contributed by atoms with Gasteiger partial charge in [-0.15, -0.1) is 19.7 Å². The Morgan fingerprint density at radius 3 is 1.91 bits per heavy atom. The molecule has 0 saturated carbocycles. The van der Waals surface area contributed by atoms with Crippen LogP contribution in [0, 0.1) is 0 Å². The van der Waals surface area contributed by atoms with Crippen molar-refractivity contribution in [1.29, 1.82) is 0 Å². The molecule has 0 aromatic carbocycles. The van der Waals surface area contributed by atoms with Crippen molar-refractivity contribution in [2.75, 3.05) is 13.2 Å². The number of carbonyl (C=O) groups excluding carboxylic acids is 1. The molecule has 0 aliphatic rings. The highest BCUT2D eigenvalue weighted by Gasteiger charge is 2.09. The molecule has 0 N–H and O–H groups in total. The average Bonchev–Trinajstić information content (AvgIpc) is 2.51. The predicted molar refractivity (Wildman–Crippen MR) is 99.5 cm³/mol. The molecule has 3 nitrogen and oxygen atoms in total. The van der Waals surface area contributed by atoms with E-state index >= 15 is 0 Å². The topological polar surface area (TPSA) is 35.5 Å². The lowest BCUT2D eigenvalue weighted by atomic mass is 10.1. The second kappa shape index (κ2) is 18.4. The fourth-order valence-electron chi connectivity index (χ4n) is 1.57. The molecule has 0 saturated heterocycles. The van der Waals surface area contributed by atoms with Crippen LogP contribution >= 0.6 is 0 Å². The molecular formula is C20H34O3. The van der Waals surface area contributed by atoms with Crippen molar-refractivity contribution in [3.05, 3.63) is 50.1 Å². The van der Waals surface area contributed by atoms with Crippen molar-refractivity contribution in [2.45, 2.75) is 58.5 Å². The van der Waals surface area contributed by atoms with Gasteiger partial charge in [0, 0.05) is 5.57 Å². The van der Waals surface area contributed by atoms with Crippen LogP contribution < -0.4 is 0 Å². The molecule has 1 atom stereocenters. The minimum atomic E-state index is -0.380. The van der Waals surface area contributed by atoms with Gasteiger partial charge in [0.2, 0.25) is 0 Å². The molecule has 132 valence electrons. The number of ether oxygens (including phenoxy) is 2. The van der Waals surface area contributed by atoms with Crippen LogP contribution in [0.4, 0.5) is 0 Å². The van der Waals surface area contributed by atoms with Gasteiger partial charge >= 0.3 is 5.97 Å². The summed E-state index contributed by atoms with van der Waals surface area (Å²) in [6.07, 6.45) is 13.0. The molecule has 3 heteroatoms. The van der Waals surface area contributed by atoms with Crippen LogP contribution in [0.3, 0.4) is 0 Å². The molecule has 0 aliphatic heterocycles. The highest BCUT2D eigenvalue weighted by atomic mass is 16.6. The summed E-state index contributed by atoms with van der Waals surface area (Å²) in [5.41, 5.74) is 0.399. The zero-order valence-electron chi connectivity index (χ0n) is 15.0. The third-order valence-corrected chi connectivity index (χ3v) is 2.81. The number of unbranched alkanes of at least 4 members (excludes halogenated alkanes) is 5. The van der Waals surface area contributed by atoms with E-state index in [-0.39, 0.29) is 12.1 Å². The van der Waals surface area contributed by atoms with Gasteiger partial charge in [-0.3, -0.25) is 0 Å². The van der Waals surface area contributed by atoms with Crippen LogP contribution in [-0.4, -0.2) is 25.3 Å². The molecule has 0 aromatic heterocycles. The summed E-state index contributed by atoms with van der Waals surface area (Å²) in [7, 11) is 0. The van der Waals surface area contributed by atoms with Crippen LogP contribution in [0.5, 0.6) is 0 Å². The Kier molecular flexibility index (Phi) is 19.0. The van der Waals surface area contributed by atoms with E-state index in [1.165, 1.54) is 38.5 Å². The number of carbonyl (C=O) groups is 1. The molecule has 0 spiro atoms. The van der Waals surface area contributed by atoms with Crippen LogP contribution in [0.2, 0.25) is 0 Å². The van der Waals surface area contributed by atoms with E-state index in [4.69, 9.17) is 9.47 Å². The molecular weight excluding hydrogens is 288 g/mol. The van der Waals surface area contributed by atoms with Gasteiger partial charge in [-0.25, -0.2) is 4.79 Å². The summed E-state index contributed by atoms with van der Waals surface area (Å²) in [5.74, 6) is -0.380. The summed E-state index contributed by atoms with van der Waals surface area (Å²) >= 11 is 0. The van der Waals surface area contributed by atoms with Gasteiger partial charge in [0.05, 0.1) is 13.2 Å². The van der Waals surface area contributed by atoms with Crippen LogP contribution in [0.1, 0.15) is 52.4 Å². The quantitative estimate of drug-likeness (QED) is 0.197. The zero-order chi connectivity index (χ0) is 17.9. The standard InChI is InChI=1S/C10H16O3.C10H18/c1-5-6-12-7-9(4)13-10(11)8(2)3;1-3-5-7-9-10-8-6-4-2/h5,9H,1-2,6-7H2,3-4H3;3-4H,1-2,5-10H2. The monoisotopic (exact) mass is 322 g/mol. The maximum atomic E-state index is 11.0. The maximum absolute atomic E-state index is 11.0. The lowest BCUT2D eigenvalue weighted by Gasteiger charge is -2.12. The summed E-state index contributed by atoms with van der Waals surface area (Å²) in [6.45, 7) is 18.6. The van der Waals surface area contributed by atoms with Crippen molar-refractivity contribution >= 4 is 5.97 Å². The molecule has 0 amide bonds. The molecule has 0 heterocycles. The Morgan fingerprint density at radius 2 is 1.52 bits per heavy atom. The van der Waals surface area contributed by atoms with Gasteiger partial charge < -0.3 is 9.47 Å². The van der Waals surface area contributed by atoms with E-state index in [0.717, 1.165) is 0 Å². The Bertz CT molecular complexity index is 333. The minimum absolute atomic E-state index is 0.246. The predicted octanol–water partition coefficient (Wildman–Crippen LogP) is 5.40. The molecule has 1 unspecified atom stereocenters. The van der Waals surface area contributed by atoms with Gasteiger partial charge in [-0.05, 0) is 39.5 Å². The smallest absolute Gasteiger partial charge is 0.333 e. The van der Waals surface area contributed by atoms with Gasteiger partial charge in [0.1, 0.15) is 6.10 Å². The van der Waals surface area contributed by atoms with Gasteiger partial charge in [-0.1, -0.05) is 37.6 Å². The number of rotatable bonds is 13. The van der Waals surface area contributed by atoms with Crippen LogP contribution in [-0.2, 0) is 14.3 Å². The fourth-order valence-corrected chi connectivity index (χ4v) is 1.57. The Balaban J connectivity index is 0. The van der Waals surface area contributed by atoms with Crippen molar-refractivity contribution < 1.29 is 14.3 Å². The first-order valence-corrected chi connectivity index (χ1v) is 8.26. The number of esters is 1. The van der Waals surface area contributed by atoms with E-state index in [1.807, 2.05) is 12.2 Å². The second-order valence-electron chi connectivity index (χ2n) is 5.39. The van der Waals surface area contributed by atoms with E-state index in [2.05, 4.69) is 26.3 Å². The van der Waals surface area contributed by atoms with Crippen molar-refractivity contribution in [2.24, 2.45) is 0 Å². The first kappa shape index (κ1) is 23.7. The van der Waals surface area contributed by atoms with Gasteiger partial charge in [0.25, 0.3) is 0 Å². The normalized spacial score (nSPS) is 10.7. The highest BCUT2D eigenvalue weighted by Crippen LogP contribution is 2.05. The molecule has 0 fully saturated rings. The highest BCUT2D eigenvalue weighted by molar-refractivity contribution is 5.87. The Labute approximate surface area is 142 Å². The lowest BCUT2D eigenvalue weighted by molar-refractivity contribution is -0.145. The third kappa shape index (κ3) is 20.4.